The minimum absolute atomic E-state index is 0.183. The Labute approximate surface area is 106 Å². The van der Waals surface area contributed by atoms with Gasteiger partial charge in [0.2, 0.25) is 0 Å². The average molecular weight is 272 g/mol. The van der Waals surface area contributed by atoms with Crippen molar-refractivity contribution in [2.24, 2.45) is 0 Å². The fourth-order valence-electron chi connectivity index (χ4n) is 1.29. The zero-order valence-corrected chi connectivity index (χ0v) is 11.0. The molecule has 0 aliphatic rings. The minimum atomic E-state index is -3.80. The second-order valence-electron chi connectivity index (χ2n) is 3.92. The van der Waals surface area contributed by atoms with Crippen LogP contribution >= 0.6 is 0 Å². The van der Waals surface area contributed by atoms with Gasteiger partial charge < -0.3 is 5.11 Å². The number of nitrogens with zero attached hydrogens (tertiary/aromatic N) is 1. The highest BCUT2D eigenvalue weighted by atomic mass is 32.2. The topological polar surface area (TPSA) is 86.7 Å². The summed E-state index contributed by atoms with van der Waals surface area (Å²) < 4.78 is 26.7. The highest BCUT2D eigenvalue weighted by Gasteiger charge is 2.23. The third-order valence-electron chi connectivity index (χ3n) is 2.35. The van der Waals surface area contributed by atoms with Gasteiger partial charge in [-0.3, -0.25) is 4.79 Å². The van der Waals surface area contributed by atoms with Crippen molar-refractivity contribution in [2.75, 3.05) is 7.05 Å². The van der Waals surface area contributed by atoms with Crippen molar-refractivity contribution < 1.29 is 18.3 Å². The van der Waals surface area contributed by atoms with Crippen LogP contribution in [-0.4, -0.2) is 36.9 Å². The summed E-state index contributed by atoms with van der Waals surface area (Å²) in [5.41, 5.74) is 0.827. The molecule has 0 radical (unpaired) electrons. The number of rotatable bonds is 6. The number of carbonyl (C=O) groups is 1. The standard InChI is InChI=1S/C11H16N2O4S/c1-9(11(14)15)12-18(16,17)13(2)8-10-6-4-3-5-7-10/h3-7,9,12H,8H2,1-2H3,(H,14,15)/t9-/m1/s1. The molecule has 0 aromatic heterocycles. The largest absolute Gasteiger partial charge is 0.480 e. The molecule has 2 N–H and O–H groups in total. The molecule has 0 spiro atoms. The zero-order chi connectivity index (χ0) is 13.8. The second-order valence-corrected chi connectivity index (χ2v) is 5.73. The molecule has 0 unspecified atom stereocenters. The summed E-state index contributed by atoms with van der Waals surface area (Å²) in [7, 11) is -2.41. The summed E-state index contributed by atoms with van der Waals surface area (Å²) in [5.74, 6) is -1.22. The molecule has 0 aliphatic heterocycles. The van der Waals surface area contributed by atoms with Gasteiger partial charge in [-0.25, -0.2) is 0 Å². The predicted molar refractivity (Wildman–Crippen MR) is 67.1 cm³/mol. The summed E-state index contributed by atoms with van der Waals surface area (Å²) in [6.45, 7) is 1.46. The van der Waals surface area contributed by atoms with Crippen molar-refractivity contribution in [2.45, 2.75) is 19.5 Å². The van der Waals surface area contributed by atoms with E-state index < -0.39 is 22.2 Å². The zero-order valence-electron chi connectivity index (χ0n) is 10.2. The molecule has 0 bridgehead atoms. The van der Waals surface area contributed by atoms with Gasteiger partial charge in [0.1, 0.15) is 6.04 Å². The minimum Gasteiger partial charge on any atom is -0.480 e. The third kappa shape index (κ3) is 4.10. The third-order valence-corrected chi connectivity index (χ3v) is 3.96. The van der Waals surface area contributed by atoms with Crippen LogP contribution in [0.5, 0.6) is 0 Å². The van der Waals surface area contributed by atoms with Crippen LogP contribution in [0, 0.1) is 0 Å². The SMILES string of the molecule is C[C@@H](NS(=O)(=O)N(C)Cc1ccccc1)C(=O)O. The quantitative estimate of drug-likeness (QED) is 0.786. The van der Waals surface area contributed by atoms with E-state index in [-0.39, 0.29) is 6.54 Å². The predicted octanol–water partition coefficient (Wildman–Crippen LogP) is 0.426. The normalized spacial score (nSPS) is 13.5. The summed E-state index contributed by atoms with van der Waals surface area (Å²) in [6.07, 6.45) is 0. The lowest BCUT2D eigenvalue weighted by Crippen LogP contribution is -2.45. The van der Waals surface area contributed by atoms with E-state index in [1.165, 1.54) is 14.0 Å². The summed E-state index contributed by atoms with van der Waals surface area (Å²) in [5, 5.41) is 8.67. The molecule has 1 atom stereocenters. The molecule has 1 aromatic rings. The maximum atomic E-state index is 11.8. The van der Waals surface area contributed by atoms with Crippen molar-refractivity contribution >= 4 is 16.2 Å². The van der Waals surface area contributed by atoms with Gasteiger partial charge in [-0.2, -0.15) is 17.4 Å². The Bertz CT molecular complexity index is 501. The van der Waals surface area contributed by atoms with E-state index in [0.717, 1.165) is 9.87 Å². The number of carboxylic acid groups (broad SMARTS) is 1. The number of aliphatic carboxylic acids is 1. The molecule has 6 nitrogen and oxygen atoms in total. The number of carboxylic acids is 1. The lowest BCUT2D eigenvalue weighted by Gasteiger charge is -2.19. The Kier molecular flexibility index (Phi) is 4.83. The first-order chi connectivity index (χ1) is 8.33. The molecule has 1 aromatic carbocycles. The smallest absolute Gasteiger partial charge is 0.321 e. The van der Waals surface area contributed by atoms with Crippen LogP contribution in [0.1, 0.15) is 12.5 Å². The van der Waals surface area contributed by atoms with Crippen molar-refractivity contribution in [3.05, 3.63) is 35.9 Å². The summed E-state index contributed by atoms with van der Waals surface area (Å²) in [4.78, 5) is 10.6. The van der Waals surface area contributed by atoms with Crippen molar-refractivity contribution in [1.29, 1.82) is 0 Å². The second kappa shape index (κ2) is 5.94. The molecular weight excluding hydrogens is 256 g/mol. The van der Waals surface area contributed by atoms with Gasteiger partial charge in [-0.15, -0.1) is 0 Å². The van der Waals surface area contributed by atoms with E-state index >= 15 is 0 Å². The van der Waals surface area contributed by atoms with E-state index in [1.807, 2.05) is 18.2 Å². The van der Waals surface area contributed by atoms with Crippen molar-refractivity contribution in [3.8, 4) is 0 Å². The van der Waals surface area contributed by atoms with E-state index in [9.17, 15) is 13.2 Å². The van der Waals surface area contributed by atoms with Crippen molar-refractivity contribution in [3.63, 3.8) is 0 Å². The van der Waals surface area contributed by atoms with Gasteiger partial charge in [-0.1, -0.05) is 30.3 Å². The van der Waals surface area contributed by atoms with Gasteiger partial charge in [-0.05, 0) is 12.5 Å². The Balaban J connectivity index is 2.71. The van der Waals surface area contributed by atoms with E-state index in [0.29, 0.717) is 0 Å². The Morgan fingerprint density at radius 1 is 1.39 bits per heavy atom. The summed E-state index contributed by atoms with van der Waals surface area (Å²) in [6, 6.07) is 7.89. The average Bonchev–Trinajstić information content (AvgIpc) is 2.29. The van der Waals surface area contributed by atoms with Gasteiger partial charge in [0.15, 0.2) is 0 Å². The molecule has 1 rings (SSSR count). The molecule has 7 heteroatoms. The van der Waals surface area contributed by atoms with E-state index in [2.05, 4.69) is 4.72 Å². The van der Waals surface area contributed by atoms with Gasteiger partial charge in [0.05, 0.1) is 0 Å². The molecule has 0 saturated carbocycles. The monoisotopic (exact) mass is 272 g/mol. The van der Waals surface area contributed by atoms with Gasteiger partial charge >= 0.3 is 5.97 Å². The van der Waals surface area contributed by atoms with Crippen LogP contribution in [0.4, 0.5) is 0 Å². The van der Waals surface area contributed by atoms with Crippen LogP contribution < -0.4 is 4.72 Å². The first-order valence-electron chi connectivity index (χ1n) is 5.33. The first-order valence-corrected chi connectivity index (χ1v) is 6.77. The number of hydrogen-bond acceptors (Lipinski definition) is 3. The highest BCUT2D eigenvalue weighted by Crippen LogP contribution is 2.06. The lowest BCUT2D eigenvalue weighted by atomic mass is 10.2. The van der Waals surface area contributed by atoms with Crippen LogP contribution in [-0.2, 0) is 21.5 Å². The molecule has 0 heterocycles. The van der Waals surface area contributed by atoms with Gasteiger partial charge in [0.25, 0.3) is 10.2 Å². The van der Waals surface area contributed by atoms with E-state index in [1.54, 1.807) is 12.1 Å². The molecule has 0 saturated heterocycles. The lowest BCUT2D eigenvalue weighted by molar-refractivity contribution is -0.138. The van der Waals surface area contributed by atoms with E-state index in [4.69, 9.17) is 5.11 Å². The number of hydrogen-bond donors (Lipinski definition) is 2. The molecular formula is C11H16N2O4S. The molecule has 0 aliphatic carbocycles. The number of benzene rings is 1. The first kappa shape index (κ1) is 14.6. The van der Waals surface area contributed by atoms with Crippen LogP contribution in [0.2, 0.25) is 0 Å². The maximum Gasteiger partial charge on any atom is 0.321 e. The fourth-order valence-corrected chi connectivity index (χ4v) is 2.34. The Morgan fingerprint density at radius 2 is 1.94 bits per heavy atom. The molecule has 0 amide bonds. The van der Waals surface area contributed by atoms with Crippen molar-refractivity contribution in [1.82, 2.24) is 9.03 Å². The van der Waals surface area contributed by atoms with Gasteiger partial charge in [0, 0.05) is 13.6 Å². The molecule has 0 fully saturated rings. The van der Waals surface area contributed by atoms with Crippen LogP contribution in [0.25, 0.3) is 0 Å². The highest BCUT2D eigenvalue weighted by molar-refractivity contribution is 7.87. The van der Waals surface area contributed by atoms with Crippen LogP contribution in [0.3, 0.4) is 0 Å². The fraction of sp³-hybridized carbons (Fsp3) is 0.364. The molecule has 18 heavy (non-hydrogen) atoms. The summed E-state index contributed by atoms with van der Waals surface area (Å²) >= 11 is 0. The Morgan fingerprint density at radius 3 is 2.44 bits per heavy atom. The van der Waals surface area contributed by atoms with Crippen LogP contribution in [0.15, 0.2) is 30.3 Å². The Hall–Kier alpha value is -1.44. The molecule has 100 valence electrons. The number of nitrogens with one attached hydrogen (secondary N) is 1. The maximum absolute atomic E-state index is 11.8.